The van der Waals surface area contributed by atoms with E-state index in [1.54, 1.807) is 0 Å². The van der Waals surface area contributed by atoms with E-state index in [1.807, 2.05) is 54.6 Å². The topological polar surface area (TPSA) is 33.2 Å². The molecule has 0 radical (unpaired) electrons. The van der Waals surface area contributed by atoms with E-state index < -0.39 is 0 Å². The van der Waals surface area contributed by atoms with Crippen molar-refractivity contribution in [1.82, 2.24) is 9.88 Å². The van der Waals surface area contributed by atoms with E-state index >= 15 is 0 Å². The molecule has 5 rings (SSSR count). The van der Waals surface area contributed by atoms with Gasteiger partial charge in [0.15, 0.2) is 0 Å². The Hall–Kier alpha value is -2.39. The van der Waals surface area contributed by atoms with Gasteiger partial charge >= 0.3 is 0 Å². The molecule has 0 saturated heterocycles. The molecule has 2 aliphatic carbocycles. The van der Waals surface area contributed by atoms with E-state index in [-0.39, 0.29) is 5.91 Å². The van der Waals surface area contributed by atoms with Gasteiger partial charge in [-0.1, -0.05) is 80.5 Å². The highest BCUT2D eigenvalue weighted by Gasteiger charge is 2.34. The molecule has 2 aliphatic rings. The molecule has 1 aromatic heterocycles. The smallest absolute Gasteiger partial charge is 0.255 e. The molecule has 0 unspecified atom stereocenters. The van der Waals surface area contributed by atoms with E-state index in [4.69, 9.17) is 16.6 Å². The van der Waals surface area contributed by atoms with Crippen molar-refractivity contribution in [1.29, 1.82) is 0 Å². The van der Waals surface area contributed by atoms with E-state index in [0.717, 1.165) is 53.4 Å². The van der Waals surface area contributed by atoms with E-state index in [9.17, 15) is 4.79 Å². The van der Waals surface area contributed by atoms with Crippen LogP contribution in [0, 0.1) is 0 Å². The van der Waals surface area contributed by atoms with Gasteiger partial charge < -0.3 is 4.90 Å². The van der Waals surface area contributed by atoms with Crippen molar-refractivity contribution < 1.29 is 4.79 Å². The number of carbonyl (C=O) groups is 1. The lowest BCUT2D eigenvalue weighted by Gasteiger charge is -2.42. The third kappa shape index (κ3) is 4.41. The average molecular weight is 447 g/mol. The second-order valence-corrected chi connectivity index (χ2v) is 9.81. The number of para-hydroxylation sites is 1. The van der Waals surface area contributed by atoms with Crippen molar-refractivity contribution in [3.63, 3.8) is 0 Å². The van der Waals surface area contributed by atoms with Crippen LogP contribution in [-0.2, 0) is 0 Å². The van der Waals surface area contributed by atoms with Crippen LogP contribution in [-0.4, -0.2) is 27.9 Å². The quantitative estimate of drug-likeness (QED) is 0.412. The Bertz CT molecular complexity index is 1060. The van der Waals surface area contributed by atoms with Crippen LogP contribution in [0.15, 0.2) is 54.6 Å². The molecule has 2 aromatic carbocycles. The molecule has 3 nitrogen and oxygen atoms in total. The van der Waals surface area contributed by atoms with Gasteiger partial charge in [0.2, 0.25) is 0 Å². The molecule has 2 saturated carbocycles. The first kappa shape index (κ1) is 21.5. The summed E-state index contributed by atoms with van der Waals surface area (Å²) in [7, 11) is 0. The molecule has 2 fully saturated rings. The molecule has 4 heteroatoms. The summed E-state index contributed by atoms with van der Waals surface area (Å²) in [6.45, 7) is 0. The Kier molecular flexibility index (Phi) is 6.45. The molecule has 166 valence electrons. The van der Waals surface area contributed by atoms with Gasteiger partial charge in [-0.3, -0.25) is 4.79 Å². The maximum Gasteiger partial charge on any atom is 0.255 e. The summed E-state index contributed by atoms with van der Waals surface area (Å²) in [5.74, 6) is 0.192. The van der Waals surface area contributed by atoms with Gasteiger partial charge in [-0.05, 0) is 49.9 Å². The molecular formula is C28H31ClN2O. The Morgan fingerprint density at radius 2 is 1.41 bits per heavy atom. The van der Waals surface area contributed by atoms with Gasteiger partial charge in [0.25, 0.3) is 5.91 Å². The van der Waals surface area contributed by atoms with Crippen LogP contribution in [0.2, 0.25) is 5.02 Å². The lowest BCUT2D eigenvalue weighted by Crippen LogP contribution is -2.48. The lowest BCUT2D eigenvalue weighted by molar-refractivity contribution is 0.0450. The van der Waals surface area contributed by atoms with Gasteiger partial charge in [-0.2, -0.15) is 0 Å². The van der Waals surface area contributed by atoms with Crippen molar-refractivity contribution in [3.8, 4) is 11.3 Å². The first-order valence-corrected chi connectivity index (χ1v) is 12.6. The number of nitrogens with zero attached hydrogens (tertiary/aromatic N) is 2. The zero-order valence-electron chi connectivity index (χ0n) is 18.6. The Morgan fingerprint density at radius 1 is 0.812 bits per heavy atom. The van der Waals surface area contributed by atoms with Gasteiger partial charge in [-0.15, -0.1) is 0 Å². The second-order valence-electron chi connectivity index (χ2n) is 9.38. The number of aromatic nitrogens is 1. The summed E-state index contributed by atoms with van der Waals surface area (Å²) in [5.41, 5.74) is 3.47. The summed E-state index contributed by atoms with van der Waals surface area (Å²) in [4.78, 5) is 21.5. The molecule has 0 bridgehead atoms. The fourth-order valence-corrected chi connectivity index (χ4v) is 5.73. The second kappa shape index (κ2) is 9.62. The van der Waals surface area contributed by atoms with Crippen LogP contribution < -0.4 is 0 Å². The Morgan fingerprint density at radius 3 is 2.03 bits per heavy atom. The van der Waals surface area contributed by atoms with Crippen LogP contribution in [0.1, 0.15) is 74.6 Å². The van der Waals surface area contributed by atoms with E-state index in [2.05, 4.69) is 4.90 Å². The minimum atomic E-state index is 0.192. The molecule has 1 heterocycles. The maximum atomic E-state index is 14.3. The highest BCUT2D eigenvalue weighted by atomic mass is 35.5. The molecule has 1 amide bonds. The van der Waals surface area contributed by atoms with Gasteiger partial charge in [0.1, 0.15) is 0 Å². The zero-order valence-corrected chi connectivity index (χ0v) is 19.4. The molecule has 0 N–H and O–H groups in total. The average Bonchev–Trinajstić information content (AvgIpc) is 2.85. The number of halogens is 1. The molecule has 32 heavy (non-hydrogen) atoms. The first-order valence-electron chi connectivity index (χ1n) is 12.2. The summed E-state index contributed by atoms with van der Waals surface area (Å²) in [6, 6.07) is 18.5. The normalized spacial score (nSPS) is 18.0. The Balaban J connectivity index is 1.60. The third-order valence-electron chi connectivity index (χ3n) is 7.26. The number of hydrogen-bond donors (Lipinski definition) is 0. The summed E-state index contributed by atoms with van der Waals surface area (Å²) in [6.07, 6.45) is 12.0. The molecule has 3 aromatic rings. The SMILES string of the molecule is O=C(c1cc(-c2ccc(Cl)cc2)nc2ccccc12)N(C1CCCCC1)C1CCCCC1. The number of fused-ring (bicyclic) bond motifs is 1. The third-order valence-corrected chi connectivity index (χ3v) is 7.51. The van der Waals surface area contributed by atoms with E-state index in [1.165, 1.54) is 38.5 Å². The first-order chi connectivity index (χ1) is 15.7. The largest absolute Gasteiger partial charge is 0.333 e. The van der Waals surface area contributed by atoms with Crippen LogP contribution >= 0.6 is 11.6 Å². The summed E-state index contributed by atoms with van der Waals surface area (Å²) < 4.78 is 0. The predicted molar refractivity (Wildman–Crippen MR) is 132 cm³/mol. The molecule has 0 atom stereocenters. The van der Waals surface area contributed by atoms with Gasteiger partial charge in [-0.25, -0.2) is 4.98 Å². The van der Waals surface area contributed by atoms with Crippen LogP contribution in [0.4, 0.5) is 0 Å². The number of pyridine rings is 1. The highest BCUT2D eigenvalue weighted by Crippen LogP contribution is 2.34. The Labute approximate surface area is 195 Å². The monoisotopic (exact) mass is 446 g/mol. The van der Waals surface area contributed by atoms with Gasteiger partial charge in [0, 0.05) is 28.1 Å². The van der Waals surface area contributed by atoms with Crippen molar-refractivity contribution in [3.05, 3.63) is 65.2 Å². The predicted octanol–water partition coefficient (Wildman–Crippen LogP) is 7.66. The standard InChI is InChI=1S/C28H31ClN2O/c29-21-17-15-20(16-18-21)27-19-25(24-13-7-8-14-26(24)30-27)28(32)31(22-9-3-1-4-10-22)23-11-5-2-6-12-23/h7-8,13-19,22-23H,1-6,9-12H2. The minimum Gasteiger partial charge on any atom is -0.333 e. The highest BCUT2D eigenvalue weighted by molar-refractivity contribution is 6.30. The van der Waals surface area contributed by atoms with Crippen LogP contribution in [0.25, 0.3) is 22.2 Å². The number of hydrogen-bond acceptors (Lipinski definition) is 2. The zero-order chi connectivity index (χ0) is 21.9. The minimum absolute atomic E-state index is 0.192. The fourth-order valence-electron chi connectivity index (χ4n) is 5.61. The van der Waals surface area contributed by atoms with Gasteiger partial charge in [0.05, 0.1) is 16.8 Å². The number of amides is 1. The lowest BCUT2D eigenvalue weighted by atomic mass is 9.87. The van der Waals surface area contributed by atoms with E-state index in [0.29, 0.717) is 17.1 Å². The van der Waals surface area contributed by atoms with Crippen molar-refractivity contribution in [2.24, 2.45) is 0 Å². The van der Waals surface area contributed by atoms with Crippen molar-refractivity contribution in [2.75, 3.05) is 0 Å². The maximum absolute atomic E-state index is 14.3. The van der Waals surface area contributed by atoms with Crippen molar-refractivity contribution >= 4 is 28.4 Å². The molecule has 0 aliphatic heterocycles. The van der Waals surface area contributed by atoms with Crippen LogP contribution in [0.5, 0.6) is 0 Å². The number of rotatable bonds is 4. The fraction of sp³-hybridized carbons (Fsp3) is 0.429. The molecule has 0 spiro atoms. The number of carbonyl (C=O) groups excluding carboxylic acids is 1. The van der Waals surface area contributed by atoms with Crippen LogP contribution in [0.3, 0.4) is 0 Å². The van der Waals surface area contributed by atoms with Crippen molar-refractivity contribution in [2.45, 2.75) is 76.3 Å². The summed E-state index contributed by atoms with van der Waals surface area (Å²) in [5, 5.41) is 1.65. The molecular weight excluding hydrogens is 416 g/mol. The summed E-state index contributed by atoms with van der Waals surface area (Å²) >= 11 is 6.11. The number of benzene rings is 2.